The Hall–Kier alpha value is -0.120. The van der Waals surface area contributed by atoms with Crippen LogP contribution in [0, 0.1) is 5.41 Å². The van der Waals surface area contributed by atoms with E-state index in [-0.39, 0.29) is 0 Å². The van der Waals surface area contributed by atoms with Crippen molar-refractivity contribution < 1.29 is 9.47 Å². The lowest BCUT2D eigenvalue weighted by Crippen LogP contribution is -2.68. The van der Waals surface area contributed by atoms with Crippen molar-refractivity contribution in [1.82, 2.24) is 4.90 Å². The standard InChI is InChI=1S/C9H15NO2/c1-2-11-3-8(1)10-4-9(5-10)6-12-7-9/h8H,1-7H2. The average molecular weight is 169 g/mol. The summed E-state index contributed by atoms with van der Waals surface area (Å²) in [6.07, 6.45) is 1.23. The molecule has 12 heavy (non-hydrogen) atoms. The van der Waals surface area contributed by atoms with Gasteiger partial charge in [0, 0.05) is 31.2 Å². The number of nitrogens with zero attached hydrogens (tertiary/aromatic N) is 1. The van der Waals surface area contributed by atoms with Crippen molar-refractivity contribution >= 4 is 0 Å². The van der Waals surface area contributed by atoms with Crippen LogP contribution >= 0.6 is 0 Å². The Balaban J connectivity index is 1.54. The summed E-state index contributed by atoms with van der Waals surface area (Å²) >= 11 is 0. The number of ether oxygens (including phenoxy) is 2. The van der Waals surface area contributed by atoms with Gasteiger partial charge in [-0.15, -0.1) is 0 Å². The molecule has 0 saturated carbocycles. The summed E-state index contributed by atoms with van der Waals surface area (Å²) in [6.45, 7) is 6.41. The first-order chi connectivity index (χ1) is 5.88. The molecule has 0 aromatic rings. The number of rotatable bonds is 1. The second-order valence-electron chi connectivity index (χ2n) is 4.42. The Labute approximate surface area is 72.6 Å². The van der Waals surface area contributed by atoms with Crippen molar-refractivity contribution in [1.29, 1.82) is 0 Å². The topological polar surface area (TPSA) is 21.7 Å². The minimum atomic E-state index is 0.572. The van der Waals surface area contributed by atoms with Gasteiger partial charge in [0.1, 0.15) is 0 Å². The summed E-state index contributed by atoms with van der Waals surface area (Å²) in [6, 6.07) is 0.719. The average Bonchev–Trinajstić information content (AvgIpc) is 2.32. The van der Waals surface area contributed by atoms with E-state index in [1.165, 1.54) is 19.5 Å². The van der Waals surface area contributed by atoms with Gasteiger partial charge >= 0.3 is 0 Å². The number of hydrogen-bond acceptors (Lipinski definition) is 3. The normalized spacial score (nSPS) is 39.5. The Morgan fingerprint density at radius 3 is 2.50 bits per heavy atom. The molecule has 3 aliphatic heterocycles. The third kappa shape index (κ3) is 0.934. The van der Waals surface area contributed by atoms with Gasteiger partial charge in [0.25, 0.3) is 0 Å². The highest BCUT2D eigenvalue weighted by Gasteiger charge is 2.50. The largest absolute Gasteiger partial charge is 0.380 e. The van der Waals surface area contributed by atoms with E-state index in [1.54, 1.807) is 0 Å². The summed E-state index contributed by atoms with van der Waals surface area (Å²) in [7, 11) is 0. The van der Waals surface area contributed by atoms with Crippen LogP contribution in [0.5, 0.6) is 0 Å². The highest BCUT2D eigenvalue weighted by Crippen LogP contribution is 2.39. The minimum Gasteiger partial charge on any atom is -0.380 e. The molecule has 0 aromatic carbocycles. The summed E-state index contributed by atoms with van der Waals surface area (Å²) in [4.78, 5) is 2.55. The molecule has 1 unspecified atom stereocenters. The first kappa shape index (κ1) is 7.30. The van der Waals surface area contributed by atoms with Crippen LogP contribution < -0.4 is 0 Å². The van der Waals surface area contributed by atoms with E-state index in [1.807, 2.05) is 0 Å². The fourth-order valence-corrected chi connectivity index (χ4v) is 2.46. The molecule has 1 atom stereocenters. The van der Waals surface area contributed by atoms with Crippen LogP contribution in [0.3, 0.4) is 0 Å². The van der Waals surface area contributed by atoms with Gasteiger partial charge in [0.2, 0.25) is 0 Å². The molecule has 3 heterocycles. The molecule has 0 aromatic heterocycles. The third-order valence-corrected chi connectivity index (χ3v) is 3.32. The molecule has 0 aliphatic carbocycles. The molecule has 0 N–H and O–H groups in total. The second-order valence-corrected chi connectivity index (χ2v) is 4.42. The zero-order valence-corrected chi connectivity index (χ0v) is 7.29. The smallest absolute Gasteiger partial charge is 0.0622 e. The van der Waals surface area contributed by atoms with Gasteiger partial charge in [0.15, 0.2) is 0 Å². The zero-order chi connectivity index (χ0) is 8.02. The number of likely N-dealkylation sites (tertiary alicyclic amines) is 1. The highest BCUT2D eigenvalue weighted by atomic mass is 16.5. The molecule has 0 amide bonds. The van der Waals surface area contributed by atoms with Crippen molar-refractivity contribution in [3.8, 4) is 0 Å². The Morgan fingerprint density at radius 1 is 1.17 bits per heavy atom. The van der Waals surface area contributed by atoms with E-state index in [9.17, 15) is 0 Å². The van der Waals surface area contributed by atoms with Crippen LogP contribution in [0.25, 0.3) is 0 Å². The third-order valence-electron chi connectivity index (χ3n) is 3.32. The van der Waals surface area contributed by atoms with E-state index >= 15 is 0 Å². The van der Waals surface area contributed by atoms with Crippen molar-refractivity contribution in [3.63, 3.8) is 0 Å². The summed E-state index contributed by atoms with van der Waals surface area (Å²) < 4.78 is 10.6. The van der Waals surface area contributed by atoms with Gasteiger partial charge in [-0.05, 0) is 6.42 Å². The van der Waals surface area contributed by atoms with E-state index < -0.39 is 0 Å². The lowest BCUT2D eigenvalue weighted by molar-refractivity contribution is -0.197. The predicted octanol–water partition coefficient (Wildman–Crippen LogP) is 0.107. The van der Waals surface area contributed by atoms with Crippen LogP contribution in [0.4, 0.5) is 0 Å². The maximum absolute atomic E-state index is 5.36. The second kappa shape index (κ2) is 2.44. The molecular weight excluding hydrogens is 154 g/mol. The SMILES string of the molecule is C1CC(N2CC3(COC3)C2)CO1. The summed E-state index contributed by atoms with van der Waals surface area (Å²) in [5, 5.41) is 0. The fraction of sp³-hybridized carbons (Fsp3) is 1.00. The van der Waals surface area contributed by atoms with Crippen LogP contribution in [-0.4, -0.2) is 50.5 Å². The van der Waals surface area contributed by atoms with Crippen LogP contribution in [0.2, 0.25) is 0 Å². The minimum absolute atomic E-state index is 0.572. The molecule has 3 rings (SSSR count). The molecule has 0 radical (unpaired) electrons. The van der Waals surface area contributed by atoms with Gasteiger partial charge < -0.3 is 9.47 Å². The fourth-order valence-electron chi connectivity index (χ4n) is 2.46. The van der Waals surface area contributed by atoms with Crippen LogP contribution in [-0.2, 0) is 9.47 Å². The lowest BCUT2D eigenvalue weighted by Gasteiger charge is -2.56. The monoisotopic (exact) mass is 169 g/mol. The predicted molar refractivity (Wildman–Crippen MR) is 44.0 cm³/mol. The summed E-state index contributed by atoms with van der Waals surface area (Å²) in [5.41, 5.74) is 0.572. The molecule has 3 saturated heterocycles. The van der Waals surface area contributed by atoms with E-state index in [2.05, 4.69) is 4.90 Å². The first-order valence-corrected chi connectivity index (χ1v) is 4.78. The van der Waals surface area contributed by atoms with Gasteiger partial charge in [-0.3, -0.25) is 4.90 Å². The molecule has 3 heteroatoms. The molecule has 3 aliphatic rings. The highest BCUT2D eigenvalue weighted by molar-refractivity contribution is 5.01. The van der Waals surface area contributed by atoms with Crippen LogP contribution in [0.1, 0.15) is 6.42 Å². The van der Waals surface area contributed by atoms with E-state index in [4.69, 9.17) is 9.47 Å². The molecule has 68 valence electrons. The maximum Gasteiger partial charge on any atom is 0.0622 e. The molecule has 3 fully saturated rings. The summed E-state index contributed by atoms with van der Waals surface area (Å²) in [5.74, 6) is 0. The Kier molecular flexibility index (Phi) is 1.48. The van der Waals surface area contributed by atoms with Gasteiger partial charge in [-0.2, -0.15) is 0 Å². The maximum atomic E-state index is 5.36. The Bertz CT molecular complexity index is 177. The van der Waals surface area contributed by atoms with Gasteiger partial charge in [0.05, 0.1) is 19.8 Å². The molecule has 0 bridgehead atoms. The molecular formula is C9H15NO2. The van der Waals surface area contributed by atoms with Gasteiger partial charge in [-0.1, -0.05) is 0 Å². The molecule has 3 nitrogen and oxygen atoms in total. The first-order valence-electron chi connectivity index (χ1n) is 4.78. The number of hydrogen-bond donors (Lipinski definition) is 0. The van der Waals surface area contributed by atoms with Crippen molar-refractivity contribution in [2.75, 3.05) is 39.5 Å². The van der Waals surface area contributed by atoms with Crippen molar-refractivity contribution in [3.05, 3.63) is 0 Å². The van der Waals surface area contributed by atoms with Crippen molar-refractivity contribution in [2.24, 2.45) is 5.41 Å². The van der Waals surface area contributed by atoms with Crippen molar-refractivity contribution in [2.45, 2.75) is 12.5 Å². The quantitative estimate of drug-likeness (QED) is 0.556. The zero-order valence-electron chi connectivity index (χ0n) is 7.29. The van der Waals surface area contributed by atoms with E-state index in [0.717, 1.165) is 32.5 Å². The lowest BCUT2D eigenvalue weighted by atomic mass is 9.77. The Morgan fingerprint density at radius 2 is 2.00 bits per heavy atom. The van der Waals surface area contributed by atoms with Gasteiger partial charge in [-0.25, -0.2) is 0 Å². The molecule has 1 spiro atoms. The van der Waals surface area contributed by atoms with E-state index in [0.29, 0.717) is 5.41 Å². The van der Waals surface area contributed by atoms with Crippen LogP contribution in [0.15, 0.2) is 0 Å².